The zero-order chi connectivity index (χ0) is 12.0. The second-order valence-corrected chi connectivity index (χ2v) is 5.12. The first kappa shape index (κ1) is 13.9. The first-order valence-corrected chi connectivity index (χ1v) is 6.68. The molecule has 1 aliphatic rings. The van der Waals surface area contributed by atoms with Gasteiger partial charge in [0.15, 0.2) is 0 Å². The number of rotatable bonds is 6. The quantitative estimate of drug-likeness (QED) is 0.749. The van der Waals surface area contributed by atoms with Crippen molar-refractivity contribution < 1.29 is 4.74 Å². The van der Waals surface area contributed by atoms with Gasteiger partial charge >= 0.3 is 0 Å². The summed E-state index contributed by atoms with van der Waals surface area (Å²) in [7, 11) is 2.06. The fourth-order valence-corrected chi connectivity index (χ4v) is 2.46. The molecule has 1 N–H and O–H groups in total. The van der Waals surface area contributed by atoms with Crippen molar-refractivity contribution in [2.24, 2.45) is 5.92 Å². The average molecular weight is 228 g/mol. The molecule has 1 heterocycles. The number of likely N-dealkylation sites (N-methyl/N-ethyl adjacent to an activating group) is 1. The van der Waals surface area contributed by atoms with Crippen LogP contribution in [0, 0.1) is 5.92 Å². The van der Waals surface area contributed by atoms with E-state index in [-0.39, 0.29) is 0 Å². The summed E-state index contributed by atoms with van der Waals surface area (Å²) >= 11 is 0. The van der Waals surface area contributed by atoms with Gasteiger partial charge in [-0.2, -0.15) is 0 Å². The minimum Gasteiger partial charge on any atom is -0.377 e. The lowest BCUT2D eigenvalue weighted by molar-refractivity contribution is 0.00243. The van der Waals surface area contributed by atoms with Crippen LogP contribution in [0.2, 0.25) is 0 Å². The SMILES string of the molecule is CCOC1CCCN(CC(NC)C(C)C)C1. The van der Waals surface area contributed by atoms with Gasteiger partial charge in [0, 0.05) is 25.7 Å². The zero-order valence-corrected chi connectivity index (χ0v) is 11.3. The molecule has 0 aromatic carbocycles. The van der Waals surface area contributed by atoms with Gasteiger partial charge in [0.25, 0.3) is 0 Å². The molecule has 3 heteroatoms. The van der Waals surface area contributed by atoms with Crippen molar-refractivity contribution in [1.29, 1.82) is 0 Å². The van der Waals surface area contributed by atoms with E-state index in [0.29, 0.717) is 18.1 Å². The van der Waals surface area contributed by atoms with E-state index in [0.717, 1.165) is 19.7 Å². The molecule has 0 saturated carbocycles. The van der Waals surface area contributed by atoms with Crippen molar-refractivity contribution in [2.45, 2.75) is 45.8 Å². The Balaban J connectivity index is 2.35. The van der Waals surface area contributed by atoms with E-state index in [2.05, 4.69) is 38.0 Å². The van der Waals surface area contributed by atoms with E-state index >= 15 is 0 Å². The number of nitrogens with one attached hydrogen (secondary N) is 1. The normalized spacial score (nSPS) is 24.9. The molecule has 0 aromatic heterocycles. The Kier molecular flexibility index (Phi) is 6.32. The van der Waals surface area contributed by atoms with Crippen LogP contribution in [-0.4, -0.2) is 50.3 Å². The molecule has 0 spiro atoms. The summed E-state index contributed by atoms with van der Waals surface area (Å²) in [5, 5.41) is 3.41. The Bertz CT molecular complexity index is 183. The van der Waals surface area contributed by atoms with E-state index in [1.165, 1.54) is 19.4 Å². The van der Waals surface area contributed by atoms with Crippen molar-refractivity contribution in [2.75, 3.05) is 33.3 Å². The van der Waals surface area contributed by atoms with Crippen LogP contribution in [0.25, 0.3) is 0 Å². The average Bonchev–Trinajstić information content (AvgIpc) is 2.26. The molecule has 0 amide bonds. The summed E-state index contributed by atoms with van der Waals surface area (Å²) in [6.07, 6.45) is 2.97. The Morgan fingerprint density at radius 1 is 1.44 bits per heavy atom. The summed E-state index contributed by atoms with van der Waals surface area (Å²) in [6, 6.07) is 0.598. The molecule has 0 aliphatic carbocycles. The summed E-state index contributed by atoms with van der Waals surface area (Å²) in [4.78, 5) is 2.55. The Labute approximate surface area is 101 Å². The van der Waals surface area contributed by atoms with Crippen LogP contribution in [-0.2, 0) is 4.74 Å². The van der Waals surface area contributed by atoms with E-state index in [1.54, 1.807) is 0 Å². The molecule has 1 saturated heterocycles. The summed E-state index contributed by atoms with van der Waals surface area (Å²) in [5.41, 5.74) is 0. The van der Waals surface area contributed by atoms with Crippen molar-refractivity contribution in [3.05, 3.63) is 0 Å². The van der Waals surface area contributed by atoms with Crippen LogP contribution >= 0.6 is 0 Å². The van der Waals surface area contributed by atoms with Crippen molar-refractivity contribution in [3.63, 3.8) is 0 Å². The zero-order valence-electron chi connectivity index (χ0n) is 11.3. The van der Waals surface area contributed by atoms with E-state index < -0.39 is 0 Å². The predicted molar refractivity (Wildman–Crippen MR) is 68.8 cm³/mol. The molecule has 1 rings (SSSR count). The molecule has 1 fully saturated rings. The minimum absolute atomic E-state index is 0.461. The molecule has 1 aliphatic heterocycles. The van der Waals surface area contributed by atoms with Crippen LogP contribution < -0.4 is 5.32 Å². The molecule has 0 radical (unpaired) electrons. The lowest BCUT2D eigenvalue weighted by atomic mass is 10.0. The summed E-state index contributed by atoms with van der Waals surface area (Å²) < 4.78 is 5.73. The van der Waals surface area contributed by atoms with Crippen molar-refractivity contribution >= 4 is 0 Å². The third kappa shape index (κ3) is 4.40. The van der Waals surface area contributed by atoms with Gasteiger partial charge in [-0.25, -0.2) is 0 Å². The number of hydrogen-bond donors (Lipinski definition) is 1. The maximum atomic E-state index is 5.73. The molecule has 0 bridgehead atoms. The fraction of sp³-hybridized carbons (Fsp3) is 1.00. The highest BCUT2D eigenvalue weighted by Gasteiger charge is 2.22. The number of piperidine rings is 1. The smallest absolute Gasteiger partial charge is 0.0702 e. The van der Waals surface area contributed by atoms with Crippen LogP contribution in [0.3, 0.4) is 0 Å². The highest BCUT2D eigenvalue weighted by molar-refractivity contribution is 4.79. The van der Waals surface area contributed by atoms with Gasteiger partial charge in [-0.3, -0.25) is 4.90 Å². The van der Waals surface area contributed by atoms with Crippen LogP contribution in [0.4, 0.5) is 0 Å². The third-order valence-corrected chi connectivity index (χ3v) is 3.50. The topological polar surface area (TPSA) is 24.5 Å². The molecule has 16 heavy (non-hydrogen) atoms. The maximum Gasteiger partial charge on any atom is 0.0702 e. The lowest BCUT2D eigenvalue weighted by Gasteiger charge is -2.35. The molecule has 2 unspecified atom stereocenters. The minimum atomic E-state index is 0.461. The largest absolute Gasteiger partial charge is 0.377 e. The van der Waals surface area contributed by atoms with Gasteiger partial charge in [0.1, 0.15) is 0 Å². The Morgan fingerprint density at radius 3 is 2.75 bits per heavy atom. The fourth-order valence-electron chi connectivity index (χ4n) is 2.46. The highest BCUT2D eigenvalue weighted by atomic mass is 16.5. The van der Waals surface area contributed by atoms with E-state index in [4.69, 9.17) is 4.74 Å². The van der Waals surface area contributed by atoms with Crippen LogP contribution in [0.15, 0.2) is 0 Å². The molecule has 2 atom stereocenters. The van der Waals surface area contributed by atoms with Gasteiger partial charge < -0.3 is 10.1 Å². The molecular weight excluding hydrogens is 200 g/mol. The van der Waals surface area contributed by atoms with Gasteiger partial charge in [-0.05, 0) is 39.3 Å². The monoisotopic (exact) mass is 228 g/mol. The molecule has 0 aromatic rings. The highest BCUT2D eigenvalue weighted by Crippen LogP contribution is 2.14. The van der Waals surface area contributed by atoms with Crippen molar-refractivity contribution in [1.82, 2.24) is 10.2 Å². The lowest BCUT2D eigenvalue weighted by Crippen LogP contribution is -2.48. The number of nitrogens with zero attached hydrogens (tertiary/aromatic N) is 1. The summed E-state index contributed by atoms with van der Waals surface area (Å²) in [5.74, 6) is 0.692. The maximum absolute atomic E-state index is 5.73. The second-order valence-electron chi connectivity index (χ2n) is 5.12. The van der Waals surface area contributed by atoms with Crippen molar-refractivity contribution in [3.8, 4) is 0 Å². The van der Waals surface area contributed by atoms with Gasteiger partial charge in [-0.1, -0.05) is 13.8 Å². The van der Waals surface area contributed by atoms with Gasteiger partial charge in [0.05, 0.1) is 6.10 Å². The van der Waals surface area contributed by atoms with Crippen LogP contribution in [0.1, 0.15) is 33.6 Å². The molecule has 3 nitrogen and oxygen atoms in total. The summed E-state index contributed by atoms with van der Waals surface area (Å²) in [6.45, 7) is 11.0. The first-order chi connectivity index (χ1) is 7.67. The van der Waals surface area contributed by atoms with E-state index in [9.17, 15) is 0 Å². The van der Waals surface area contributed by atoms with E-state index in [1.807, 2.05) is 0 Å². The van der Waals surface area contributed by atoms with Gasteiger partial charge in [-0.15, -0.1) is 0 Å². The van der Waals surface area contributed by atoms with Gasteiger partial charge in [0.2, 0.25) is 0 Å². The Morgan fingerprint density at radius 2 is 2.19 bits per heavy atom. The number of likely N-dealkylation sites (tertiary alicyclic amines) is 1. The third-order valence-electron chi connectivity index (χ3n) is 3.50. The molecule has 96 valence electrons. The number of hydrogen-bond acceptors (Lipinski definition) is 3. The molecular formula is C13H28N2O. The second kappa shape index (κ2) is 7.25. The predicted octanol–water partition coefficient (Wildman–Crippen LogP) is 1.73. The van der Waals surface area contributed by atoms with Crippen LogP contribution in [0.5, 0.6) is 0 Å². The Hall–Kier alpha value is -0.120. The number of ether oxygens (including phenoxy) is 1. The standard InChI is InChI=1S/C13H28N2O/c1-5-16-12-7-6-8-15(9-12)10-13(14-4)11(2)3/h11-14H,5-10H2,1-4H3. The first-order valence-electron chi connectivity index (χ1n) is 6.68.